The van der Waals surface area contributed by atoms with E-state index in [0.717, 1.165) is 22.4 Å². The van der Waals surface area contributed by atoms with Gasteiger partial charge in [0.25, 0.3) is 5.91 Å². The molecule has 1 amide bonds. The molecule has 1 aromatic heterocycles. The van der Waals surface area contributed by atoms with Crippen LogP contribution < -0.4 is 9.64 Å². The summed E-state index contributed by atoms with van der Waals surface area (Å²) in [6.07, 6.45) is 0.704. The van der Waals surface area contributed by atoms with Crippen molar-refractivity contribution in [2.24, 2.45) is 0 Å². The minimum atomic E-state index is -0.108. The van der Waals surface area contributed by atoms with Crippen molar-refractivity contribution < 1.29 is 23.5 Å². The van der Waals surface area contributed by atoms with Crippen LogP contribution >= 0.6 is 0 Å². The molecule has 0 spiro atoms. The Bertz CT molecular complexity index is 1120. The van der Waals surface area contributed by atoms with Crippen LogP contribution in [0.25, 0.3) is 11.3 Å². The lowest BCUT2D eigenvalue weighted by molar-refractivity contribution is 0.0720. The maximum Gasteiger partial charge on any atom is 0.257 e. The number of ether oxygens (including phenoxy) is 3. The van der Waals surface area contributed by atoms with Crippen LogP contribution in [0.5, 0.6) is 5.75 Å². The van der Waals surface area contributed by atoms with Crippen LogP contribution in [-0.4, -0.2) is 69.6 Å². The third kappa shape index (κ3) is 5.83. The van der Waals surface area contributed by atoms with Gasteiger partial charge in [-0.15, -0.1) is 0 Å². The molecule has 0 saturated carbocycles. The second-order valence-electron chi connectivity index (χ2n) is 8.56. The summed E-state index contributed by atoms with van der Waals surface area (Å²) >= 11 is 0. The number of nitrogens with zero attached hydrogens (tertiary/aromatic N) is 3. The van der Waals surface area contributed by atoms with Crippen molar-refractivity contribution in [3.63, 3.8) is 0 Å². The molecule has 35 heavy (non-hydrogen) atoms. The molecule has 0 unspecified atom stereocenters. The smallest absolute Gasteiger partial charge is 0.257 e. The van der Waals surface area contributed by atoms with E-state index in [1.54, 1.807) is 26.4 Å². The van der Waals surface area contributed by atoms with E-state index < -0.39 is 0 Å². The molecule has 1 aliphatic rings. The normalized spacial score (nSPS) is 13.6. The zero-order valence-corrected chi connectivity index (χ0v) is 20.7. The molecule has 0 atom stereocenters. The van der Waals surface area contributed by atoms with E-state index in [-0.39, 0.29) is 5.91 Å². The lowest BCUT2D eigenvalue weighted by atomic mass is 10.0. The number of rotatable bonds is 10. The molecule has 8 heteroatoms. The van der Waals surface area contributed by atoms with E-state index in [2.05, 4.69) is 29.1 Å². The summed E-state index contributed by atoms with van der Waals surface area (Å²) in [6, 6.07) is 15.5. The Balaban J connectivity index is 1.73. The number of aryl methyl sites for hydroxylation is 1. The van der Waals surface area contributed by atoms with Gasteiger partial charge in [-0.1, -0.05) is 41.1 Å². The lowest BCUT2D eigenvalue weighted by Crippen LogP contribution is -2.37. The third-order valence-electron chi connectivity index (χ3n) is 6.11. The molecule has 0 aliphatic carbocycles. The summed E-state index contributed by atoms with van der Waals surface area (Å²) in [6.45, 7) is 6.13. The van der Waals surface area contributed by atoms with Crippen molar-refractivity contribution in [2.75, 3.05) is 58.6 Å². The van der Waals surface area contributed by atoms with Gasteiger partial charge in [0.2, 0.25) is 5.88 Å². The predicted octanol–water partition coefficient (Wildman–Crippen LogP) is 4.17. The molecule has 0 bridgehead atoms. The first-order valence-corrected chi connectivity index (χ1v) is 11.9. The van der Waals surface area contributed by atoms with E-state index in [4.69, 9.17) is 18.7 Å². The number of aromatic nitrogens is 1. The quantitative estimate of drug-likeness (QED) is 0.404. The lowest BCUT2D eigenvalue weighted by Gasteiger charge is -2.28. The number of hydrogen-bond acceptors (Lipinski definition) is 7. The topological polar surface area (TPSA) is 77.3 Å². The molecule has 4 rings (SSSR count). The molecule has 1 aliphatic heterocycles. The Hall–Kier alpha value is -3.36. The number of anilines is 1. The van der Waals surface area contributed by atoms with E-state index in [1.807, 2.05) is 29.2 Å². The number of carbonyl (C=O) groups is 1. The Morgan fingerprint density at radius 3 is 2.66 bits per heavy atom. The number of methoxy groups -OCH3 is 2. The van der Waals surface area contributed by atoms with Gasteiger partial charge in [-0.25, -0.2) is 0 Å². The Kier molecular flexibility index (Phi) is 8.39. The summed E-state index contributed by atoms with van der Waals surface area (Å²) in [4.78, 5) is 17.7. The van der Waals surface area contributed by atoms with Crippen molar-refractivity contribution >= 4 is 11.8 Å². The van der Waals surface area contributed by atoms with Gasteiger partial charge in [-0.05, 0) is 31.5 Å². The minimum absolute atomic E-state index is 0.108. The van der Waals surface area contributed by atoms with Crippen LogP contribution in [0.2, 0.25) is 0 Å². The standard InChI is InChI=1S/C27H33N3O5/c1-20-8-6-9-21(18-20)25-23(27(35-28-25)29-13-16-34-17-14-29)19-30(12-7-15-32-2)26(31)22-10-4-5-11-24(22)33-3/h4-6,8-11,18H,7,12-17,19H2,1-3H3. The van der Waals surface area contributed by atoms with E-state index in [9.17, 15) is 4.79 Å². The number of morpholine rings is 1. The van der Waals surface area contributed by atoms with Gasteiger partial charge >= 0.3 is 0 Å². The fourth-order valence-electron chi connectivity index (χ4n) is 4.31. The van der Waals surface area contributed by atoms with Crippen LogP contribution in [-0.2, 0) is 16.0 Å². The van der Waals surface area contributed by atoms with Crippen molar-refractivity contribution in [1.29, 1.82) is 0 Å². The zero-order valence-electron chi connectivity index (χ0n) is 20.7. The summed E-state index contributed by atoms with van der Waals surface area (Å²) in [5, 5.41) is 4.47. The fourth-order valence-corrected chi connectivity index (χ4v) is 4.31. The second-order valence-corrected chi connectivity index (χ2v) is 8.56. The average molecular weight is 480 g/mol. The molecule has 2 aromatic carbocycles. The van der Waals surface area contributed by atoms with Crippen LogP contribution in [0.1, 0.15) is 27.9 Å². The van der Waals surface area contributed by atoms with Gasteiger partial charge in [-0.2, -0.15) is 0 Å². The summed E-state index contributed by atoms with van der Waals surface area (Å²) < 4.78 is 22.2. The average Bonchev–Trinajstić information content (AvgIpc) is 3.32. The Labute approximate surface area is 206 Å². The SMILES string of the molecule is COCCCN(Cc1c(-c2cccc(C)c2)noc1N1CCOCC1)C(=O)c1ccccc1OC. The molecule has 1 saturated heterocycles. The first kappa shape index (κ1) is 24.8. The zero-order chi connectivity index (χ0) is 24.6. The first-order chi connectivity index (χ1) is 17.1. The van der Waals surface area contributed by atoms with E-state index in [1.165, 1.54) is 0 Å². The molecule has 1 fully saturated rings. The van der Waals surface area contributed by atoms with Crippen LogP contribution in [0.15, 0.2) is 53.1 Å². The Morgan fingerprint density at radius 1 is 1.11 bits per heavy atom. The molecule has 2 heterocycles. The van der Waals surface area contributed by atoms with E-state index >= 15 is 0 Å². The van der Waals surface area contributed by atoms with E-state index in [0.29, 0.717) is 69.6 Å². The fraction of sp³-hybridized carbons (Fsp3) is 0.407. The largest absolute Gasteiger partial charge is 0.496 e. The van der Waals surface area contributed by atoms with Gasteiger partial charge in [0.05, 0.1) is 38.0 Å². The highest BCUT2D eigenvalue weighted by atomic mass is 16.5. The predicted molar refractivity (Wildman–Crippen MR) is 134 cm³/mol. The highest BCUT2D eigenvalue weighted by molar-refractivity contribution is 5.97. The summed E-state index contributed by atoms with van der Waals surface area (Å²) in [7, 11) is 3.24. The van der Waals surface area contributed by atoms with Crippen molar-refractivity contribution in [3.8, 4) is 17.0 Å². The number of benzene rings is 2. The monoisotopic (exact) mass is 479 g/mol. The van der Waals surface area contributed by atoms with Gasteiger partial charge in [0.15, 0.2) is 0 Å². The van der Waals surface area contributed by atoms with Crippen LogP contribution in [0, 0.1) is 6.92 Å². The van der Waals surface area contributed by atoms with Gasteiger partial charge in [0.1, 0.15) is 11.4 Å². The highest BCUT2D eigenvalue weighted by Crippen LogP contribution is 2.34. The minimum Gasteiger partial charge on any atom is -0.496 e. The van der Waals surface area contributed by atoms with Gasteiger partial charge < -0.3 is 28.5 Å². The van der Waals surface area contributed by atoms with Crippen LogP contribution in [0.3, 0.4) is 0 Å². The molecule has 186 valence electrons. The molecule has 8 nitrogen and oxygen atoms in total. The number of hydrogen-bond donors (Lipinski definition) is 0. The van der Waals surface area contributed by atoms with Crippen molar-refractivity contribution in [3.05, 3.63) is 65.2 Å². The maximum absolute atomic E-state index is 13.8. The highest BCUT2D eigenvalue weighted by Gasteiger charge is 2.28. The molecule has 0 N–H and O–H groups in total. The third-order valence-corrected chi connectivity index (χ3v) is 6.11. The maximum atomic E-state index is 13.8. The molecular weight excluding hydrogens is 446 g/mol. The first-order valence-electron chi connectivity index (χ1n) is 11.9. The van der Waals surface area contributed by atoms with Gasteiger partial charge in [-0.3, -0.25) is 4.79 Å². The summed E-state index contributed by atoms with van der Waals surface area (Å²) in [5.74, 6) is 1.13. The molecule has 3 aromatic rings. The summed E-state index contributed by atoms with van der Waals surface area (Å²) in [5.41, 5.74) is 4.25. The van der Waals surface area contributed by atoms with Crippen molar-refractivity contribution in [2.45, 2.75) is 19.9 Å². The van der Waals surface area contributed by atoms with Crippen molar-refractivity contribution in [1.82, 2.24) is 10.1 Å². The number of para-hydroxylation sites is 1. The molecular formula is C27H33N3O5. The van der Waals surface area contributed by atoms with Crippen LogP contribution in [0.4, 0.5) is 5.88 Å². The number of amides is 1. The molecule has 0 radical (unpaired) electrons. The Morgan fingerprint density at radius 2 is 1.91 bits per heavy atom. The number of carbonyl (C=O) groups excluding carboxylic acids is 1. The van der Waals surface area contributed by atoms with Gasteiger partial charge in [0, 0.05) is 38.9 Å². The second kappa shape index (κ2) is 11.9.